The highest BCUT2D eigenvalue weighted by molar-refractivity contribution is 5.94. The Hall–Kier alpha value is -1.49. The van der Waals surface area contributed by atoms with Crippen LogP contribution in [-0.2, 0) is 4.74 Å². The maximum Gasteiger partial charge on any atom is 0.256 e. The van der Waals surface area contributed by atoms with E-state index in [1.54, 1.807) is 6.07 Å². The van der Waals surface area contributed by atoms with E-state index in [1.807, 2.05) is 0 Å². The number of carbonyl (C=O) groups is 1. The second-order valence-corrected chi connectivity index (χ2v) is 4.88. The zero-order valence-corrected chi connectivity index (χ0v) is 9.93. The summed E-state index contributed by atoms with van der Waals surface area (Å²) in [6, 6.07) is 3.01. The molecule has 1 aromatic heterocycles. The molecule has 1 amide bonds. The molecule has 1 N–H and O–H groups in total. The fraction of sp³-hybridized carbons (Fsp3) is 0.538. The lowest BCUT2D eigenvalue weighted by molar-refractivity contribution is 0.0727. The van der Waals surface area contributed by atoms with Crippen LogP contribution >= 0.6 is 0 Å². The van der Waals surface area contributed by atoms with E-state index in [2.05, 4.69) is 10.3 Å². The topological polar surface area (TPSA) is 51.2 Å². The summed E-state index contributed by atoms with van der Waals surface area (Å²) in [5, 5.41) is 2.86. The summed E-state index contributed by atoms with van der Waals surface area (Å²) in [7, 11) is 0. The Labute approximate surface area is 105 Å². The van der Waals surface area contributed by atoms with Crippen molar-refractivity contribution < 1.29 is 13.9 Å². The molecule has 0 bridgehead atoms. The van der Waals surface area contributed by atoms with Crippen LogP contribution in [0.1, 0.15) is 29.6 Å². The third-order valence-corrected chi connectivity index (χ3v) is 3.54. The first-order valence-electron chi connectivity index (χ1n) is 6.28. The van der Waals surface area contributed by atoms with Crippen LogP contribution in [-0.4, -0.2) is 29.6 Å². The molecule has 0 aromatic carbocycles. The Morgan fingerprint density at radius 3 is 3.00 bits per heavy atom. The fourth-order valence-electron chi connectivity index (χ4n) is 2.46. The van der Waals surface area contributed by atoms with Crippen LogP contribution in [0.2, 0.25) is 0 Å². The molecule has 96 valence electrons. The van der Waals surface area contributed by atoms with E-state index in [4.69, 9.17) is 4.74 Å². The second kappa shape index (κ2) is 4.65. The normalized spacial score (nSPS) is 27.2. The minimum atomic E-state index is -0.725. The summed E-state index contributed by atoms with van der Waals surface area (Å²) in [4.78, 5) is 15.4. The van der Waals surface area contributed by atoms with Crippen LogP contribution in [0.3, 0.4) is 0 Å². The fourth-order valence-corrected chi connectivity index (χ4v) is 2.46. The van der Waals surface area contributed by atoms with Gasteiger partial charge < -0.3 is 10.1 Å². The molecule has 1 saturated heterocycles. The summed E-state index contributed by atoms with van der Waals surface area (Å²) >= 11 is 0. The van der Waals surface area contributed by atoms with Gasteiger partial charge in [0.05, 0.1) is 17.7 Å². The molecule has 0 spiro atoms. The predicted octanol–water partition coefficient (Wildman–Crippen LogP) is 1.52. The van der Waals surface area contributed by atoms with E-state index in [-0.39, 0.29) is 17.7 Å². The van der Waals surface area contributed by atoms with Gasteiger partial charge in [0, 0.05) is 12.8 Å². The van der Waals surface area contributed by atoms with Crippen molar-refractivity contribution in [2.45, 2.75) is 31.4 Å². The van der Waals surface area contributed by atoms with Gasteiger partial charge in [-0.25, -0.2) is 4.98 Å². The molecule has 2 atom stereocenters. The number of carbonyl (C=O) groups excluding carboxylic acids is 1. The molecule has 0 radical (unpaired) electrons. The van der Waals surface area contributed by atoms with Crippen LogP contribution in [0.5, 0.6) is 0 Å². The van der Waals surface area contributed by atoms with Crippen molar-refractivity contribution >= 4 is 5.91 Å². The first-order valence-corrected chi connectivity index (χ1v) is 6.28. The van der Waals surface area contributed by atoms with Crippen LogP contribution in [0.4, 0.5) is 4.39 Å². The third kappa shape index (κ3) is 2.22. The molecular weight excluding hydrogens is 235 g/mol. The Morgan fingerprint density at radius 2 is 2.28 bits per heavy atom. The number of aromatic nitrogens is 1. The molecule has 18 heavy (non-hydrogen) atoms. The molecule has 1 aliphatic heterocycles. The smallest absolute Gasteiger partial charge is 0.256 e. The standard InChI is InChI=1S/C13H15FN2O2/c14-12-9(2-1-6-15-12)13(17)16-10-5-7-18-11(10)8-3-4-8/h1-2,6,8,10-11H,3-5,7H2,(H,16,17). The van der Waals surface area contributed by atoms with Gasteiger partial charge in [-0.15, -0.1) is 0 Å². The van der Waals surface area contributed by atoms with Crippen LogP contribution in [0.25, 0.3) is 0 Å². The molecule has 2 fully saturated rings. The number of amides is 1. The molecule has 3 rings (SSSR count). The van der Waals surface area contributed by atoms with Crippen molar-refractivity contribution in [3.05, 3.63) is 29.8 Å². The molecule has 2 heterocycles. The summed E-state index contributed by atoms with van der Waals surface area (Å²) < 4.78 is 19.0. The number of hydrogen-bond acceptors (Lipinski definition) is 3. The first-order chi connectivity index (χ1) is 8.75. The quantitative estimate of drug-likeness (QED) is 0.827. The molecular formula is C13H15FN2O2. The molecule has 2 unspecified atom stereocenters. The Morgan fingerprint density at radius 1 is 1.44 bits per heavy atom. The van der Waals surface area contributed by atoms with Gasteiger partial charge in [-0.3, -0.25) is 4.79 Å². The summed E-state index contributed by atoms with van der Waals surface area (Å²) in [6.07, 6.45) is 4.57. The van der Waals surface area contributed by atoms with Crippen LogP contribution in [0.15, 0.2) is 18.3 Å². The highest BCUT2D eigenvalue weighted by Gasteiger charge is 2.41. The number of rotatable bonds is 3. The van der Waals surface area contributed by atoms with E-state index in [0.29, 0.717) is 12.5 Å². The SMILES string of the molecule is O=C(NC1CCOC1C1CC1)c1cccnc1F. The van der Waals surface area contributed by atoms with Crippen LogP contribution in [0, 0.1) is 11.9 Å². The number of pyridine rings is 1. The zero-order valence-electron chi connectivity index (χ0n) is 9.93. The van der Waals surface area contributed by atoms with Gasteiger partial charge in [0.15, 0.2) is 0 Å². The minimum Gasteiger partial charge on any atom is -0.376 e. The highest BCUT2D eigenvalue weighted by Crippen LogP contribution is 2.38. The van der Waals surface area contributed by atoms with Crippen molar-refractivity contribution in [3.63, 3.8) is 0 Å². The lowest BCUT2D eigenvalue weighted by atomic mass is 10.1. The van der Waals surface area contributed by atoms with Gasteiger partial charge in [0.25, 0.3) is 5.91 Å². The maximum absolute atomic E-state index is 13.4. The molecule has 1 aromatic rings. The van der Waals surface area contributed by atoms with Gasteiger partial charge in [0.2, 0.25) is 5.95 Å². The third-order valence-electron chi connectivity index (χ3n) is 3.54. The molecule has 1 aliphatic carbocycles. The molecule has 4 nitrogen and oxygen atoms in total. The van der Waals surface area contributed by atoms with Crippen molar-refractivity contribution in [1.29, 1.82) is 0 Å². The predicted molar refractivity (Wildman–Crippen MR) is 62.5 cm³/mol. The van der Waals surface area contributed by atoms with E-state index in [0.717, 1.165) is 19.3 Å². The van der Waals surface area contributed by atoms with E-state index >= 15 is 0 Å². The second-order valence-electron chi connectivity index (χ2n) is 4.88. The summed E-state index contributed by atoms with van der Waals surface area (Å²) in [5.74, 6) is -0.560. The average molecular weight is 250 g/mol. The van der Waals surface area contributed by atoms with Gasteiger partial charge in [-0.1, -0.05) is 0 Å². The molecule has 1 saturated carbocycles. The average Bonchev–Trinajstić information content (AvgIpc) is 3.11. The van der Waals surface area contributed by atoms with Crippen LogP contribution < -0.4 is 5.32 Å². The van der Waals surface area contributed by atoms with E-state index in [1.165, 1.54) is 12.3 Å². The van der Waals surface area contributed by atoms with Gasteiger partial charge in [0.1, 0.15) is 0 Å². The van der Waals surface area contributed by atoms with Crippen molar-refractivity contribution in [2.75, 3.05) is 6.61 Å². The first kappa shape index (κ1) is 11.6. The number of ether oxygens (including phenoxy) is 1. The number of nitrogens with one attached hydrogen (secondary N) is 1. The molecule has 5 heteroatoms. The van der Waals surface area contributed by atoms with Gasteiger partial charge in [-0.05, 0) is 37.3 Å². The summed E-state index contributed by atoms with van der Waals surface area (Å²) in [6.45, 7) is 0.668. The Balaban J connectivity index is 1.69. The van der Waals surface area contributed by atoms with Crippen molar-refractivity contribution in [2.24, 2.45) is 5.92 Å². The van der Waals surface area contributed by atoms with E-state index in [9.17, 15) is 9.18 Å². The van der Waals surface area contributed by atoms with Gasteiger partial charge in [-0.2, -0.15) is 4.39 Å². The summed E-state index contributed by atoms with van der Waals surface area (Å²) in [5.41, 5.74) is -0.000975. The number of halogens is 1. The van der Waals surface area contributed by atoms with E-state index < -0.39 is 11.9 Å². The largest absolute Gasteiger partial charge is 0.376 e. The van der Waals surface area contributed by atoms with Gasteiger partial charge >= 0.3 is 0 Å². The number of hydrogen-bond donors (Lipinski definition) is 1. The Bertz CT molecular complexity index is 462. The lowest BCUT2D eigenvalue weighted by Gasteiger charge is -2.19. The highest BCUT2D eigenvalue weighted by atomic mass is 19.1. The van der Waals surface area contributed by atoms with Crippen molar-refractivity contribution in [3.8, 4) is 0 Å². The Kier molecular flexibility index (Phi) is 2.99. The monoisotopic (exact) mass is 250 g/mol. The van der Waals surface area contributed by atoms with Crippen molar-refractivity contribution in [1.82, 2.24) is 10.3 Å². The maximum atomic E-state index is 13.4. The lowest BCUT2D eigenvalue weighted by Crippen LogP contribution is -2.41. The zero-order chi connectivity index (χ0) is 12.5. The minimum absolute atomic E-state index is 0.000975. The number of nitrogens with zero attached hydrogens (tertiary/aromatic N) is 1. The molecule has 2 aliphatic rings.